The van der Waals surface area contributed by atoms with E-state index in [1.165, 1.54) is 16.7 Å². The lowest BCUT2D eigenvalue weighted by Gasteiger charge is -2.08. The van der Waals surface area contributed by atoms with E-state index in [1.807, 2.05) is 6.20 Å². The van der Waals surface area contributed by atoms with E-state index in [0.717, 1.165) is 43.3 Å². The van der Waals surface area contributed by atoms with E-state index >= 15 is 0 Å². The summed E-state index contributed by atoms with van der Waals surface area (Å²) < 4.78 is 10.9. The van der Waals surface area contributed by atoms with Crippen LogP contribution in [0.25, 0.3) is 11.3 Å². The van der Waals surface area contributed by atoms with Crippen LogP contribution in [0.5, 0.6) is 0 Å². The van der Waals surface area contributed by atoms with Crippen LogP contribution in [-0.4, -0.2) is 31.8 Å². The van der Waals surface area contributed by atoms with E-state index in [-0.39, 0.29) is 0 Å². The third-order valence-corrected chi connectivity index (χ3v) is 3.48. The highest BCUT2D eigenvalue weighted by Gasteiger charge is 2.12. The first-order valence-electron chi connectivity index (χ1n) is 7.34. The third kappa shape index (κ3) is 4.16. The third-order valence-electron chi connectivity index (χ3n) is 3.48. The van der Waals surface area contributed by atoms with E-state index in [4.69, 9.17) is 9.15 Å². The number of ether oxygens (including phenoxy) is 1. The first-order chi connectivity index (χ1) is 10.1. The van der Waals surface area contributed by atoms with Crippen LogP contribution < -0.4 is 5.32 Å². The van der Waals surface area contributed by atoms with Gasteiger partial charge in [0.25, 0.3) is 0 Å². The molecule has 0 aliphatic carbocycles. The summed E-state index contributed by atoms with van der Waals surface area (Å²) in [6, 6.07) is 4.35. The standard InChI is InChI=1S/C17H24N2O2/c1-12-9-13(2)17(14(3)10-12)15-11-19-16(21-15)5-6-18-7-8-20-4/h9-11,18H,5-8H2,1-4H3. The van der Waals surface area contributed by atoms with Crippen molar-refractivity contribution in [1.29, 1.82) is 0 Å². The molecule has 0 aliphatic heterocycles. The van der Waals surface area contributed by atoms with Crippen molar-refractivity contribution in [1.82, 2.24) is 10.3 Å². The Labute approximate surface area is 126 Å². The van der Waals surface area contributed by atoms with Crippen LogP contribution in [0.2, 0.25) is 0 Å². The number of hydrogen-bond acceptors (Lipinski definition) is 4. The van der Waals surface area contributed by atoms with Crippen molar-refractivity contribution in [2.75, 3.05) is 26.8 Å². The number of benzene rings is 1. The van der Waals surface area contributed by atoms with Crippen molar-refractivity contribution in [3.63, 3.8) is 0 Å². The molecule has 4 heteroatoms. The predicted molar refractivity (Wildman–Crippen MR) is 84.6 cm³/mol. The van der Waals surface area contributed by atoms with Gasteiger partial charge in [-0.3, -0.25) is 0 Å². The molecule has 0 radical (unpaired) electrons. The Kier molecular flexibility index (Phi) is 5.53. The largest absolute Gasteiger partial charge is 0.441 e. The number of methoxy groups -OCH3 is 1. The molecule has 21 heavy (non-hydrogen) atoms. The minimum Gasteiger partial charge on any atom is -0.441 e. The van der Waals surface area contributed by atoms with Crippen molar-refractivity contribution in [3.05, 3.63) is 40.9 Å². The second-order valence-electron chi connectivity index (χ2n) is 5.38. The molecule has 0 saturated carbocycles. The zero-order valence-corrected chi connectivity index (χ0v) is 13.3. The van der Waals surface area contributed by atoms with Crippen molar-refractivity contribution in [3.8, 4) is 11.3 Å². The molecule has 1 aromatic carbocycles. The average Bonchev–Trinajstić information content (AvgIpc) is 2.86. The number of aryl methyl sites for hydroxylation is 3. The SMILES string of the molecule is COCCNCCc1ncc(-c2c(C)cc(C)cc2C)o1. The van der Waals surface area contributed by atoms with Crippen LogP contribution >= 0.6 is 0 Å². The minimum atomic E-state index is 0.721. The number of rotatable bonds is 7. The van der Waals surface area contributed by atoms with Crippen LogP contribution in [0, 0.1) is 20.8 Å². The summed E-state index contributed by atoms with van der Waals surface area (Å²) in [5, 5.41) is 3.29. The Hall–Kier alpha value is -1.65. The van der Waals surface area contributed by atoms with Gasteiger partial charge in [-0.25, -0.2) is 4.98 Å². The highest BCUT2D eigenvalue weighted by Crippen LogP contribution is 2.28. The molecule has 0 aliphatic rings. The van der Waals surface area contributed by atoms with Gasteiger partial charge in [-0.2, -0.15) is 0 Å². The fourth-order valence-electron chi connectivity index (χ4n) is 2.60. The second kappa shape index (κ2) is 7.38. The van der Waals surface area contributed by atoms with Gasteiger partial charge in [0, 0.05) is 32.2 Å². The summed E-state index contributed by atoms with van der Waals surface area (Å²) >= 11 is 0. The predicted octanol–water partition coefficient (Wildman–Crippen LogP) is 3.05. The average molecular weight is 288 g/mol. The first kappa shape index (κ1) is 15.7. The van der Waals surface area contributed by atoms with E-state index in [2.05, 4.69) is 43.2 Å². The molecule has 2 rings (SSSR count). The highest BCUT2D eigenvalue weighted by molar-refractivity contribution is 5.66. The van der Waals surface area contributed by atoms with Gasteiger partial charge in [0.05, 0.1) is 12.8 Å². The van der Waals surface area contributed by atoms with E-state index in [1.54, 1.807) is 7.11 Å². The van der Waals surface area contributed by atoms with Crippen molar-refractivity contribution >= 4 is 0 Å². The first-order valence-corrected chi connectivity index (χ1v) is 7.34. The molecule has 1 N–H and O–H groups in total. The van der Waals surface area contributed by atoms with Crippen LogP contribution in [-0.2, 0) is 11.2 Å². The van der Waals surface area contributed by atoms with Gasteiger partial charge in [0.1, 0.15) is 0 Å². The second-order valence-corrected chi connectivity index (χ2v) is 5.38. The molecular weight excluding hydrogens is 264 g/mol. The Bertz CT molecular complexity index is 567. The molecule has 0 saturated heterocycles. The summed E-state index contributed by atoms with van der Waals surface area (Å²) in [7, 11) is 1.70. The Morgan fingerprint density at radius 2 is 1.86 bits per heavy atom. The van der Waals surface area contributed by atoms with Gasteiger partial charge < -0.3 is 14.5 Å². The van der Waals surface area contributed by atoms with Crippen molar-refractivity contribution in [2.45, 2.75) is 27.2 Å². The normalized spacial score (nSPS) is 11.0. The van der Waals surface area contributed by atoms with Crippen molar-refractivity contribution in [2.24, 2.45) is 0 Å². The lowest BCUT2D eigenvalue weighted by molar-refractivity contribution is 0.199. The number of nitrogens with zero attached hydrogens (tertiary/aromatic N) is 1. The minimum absolute atomic E-state index is 0.721. The smallest absolute Gasteiger partial charge is 0.196 e. The van der Waals surface area contributed by atoms with Crippen LogP contribution in [0.15, 0.2) is 22.7 Å². The van der Waals surface area contributed by atoms with Crippen molar-refractivity contribution < 1.29 is 9.15 Å². The monoisotopic (exact) mass is 288 g/mol. The molecule has 0 atom stereocenters. The van der Waals surface area contributed by atoms with E-state index < -0.39 is 0 Å². The molecule has 1 heterocycles. The Morgan fingerprint density at radius 3 is 2.52 bits per heavy atom. The lowest BCUT2D eigenvalue weighted by Crippen LogP contribution is -2.21. The molecule has 4 nitrogen and oxygen atoms in total. The fraction of sp³-hybridized carbons (Fsp3) is 0.471. The van der Waals surface area contributed by atoms with Gasteiger partial charge in [-0.1, -0.05) is 17.7 Å². The molecular formula is C17H24N2O2. The number of hydrogen-bond donors (Lipinski definition) is 1. The number of aromatic nitrogens is 1. The van der Waals surface area contributed by atoms with E-state index in [9.17, 15) is 0 Å². The number of nitrogens with one attached hydrogen (secondary N) is 1. The molecule has 0 amide bonds. The molecule has 1 aromatic heterocycles. The van der Waals surface area contributed by atoms with Crippen LogP contribution in [0.4, 0.5) is 0 Å². The maximum absolute atomic E-state index is 5.90. The van der Waals surface area contributed by atoms with Gasteiger partial charge >= 0.3 is 0 Å². The van der Waals surface area contributed by atoms with Gasteiger partial charge in [0.15, 0.2) is 11.7 Å². The molecule has 2 aromatic rings. The fourth-order valence-corrected chi connectivity index (χ4v) is 2.60. The van der Waals surface area contributed by atoms with Crippen LogP contribution in [0.3, 0.4) is 0 Å². The summed E-state index contributed by atoms with van der Waals surface area (Å²) in [5.41, 5.74) is 4.89. The lowest BCUT2D eigenvalue weighted by atomic mass is 9.98. The van der Waals surface area contributed by atoms with Gasteiger partial charge in [0.2, 0.25) is 0 Å². The van der Waals surface area contributed by atoms with Gasteiger partial charge in [-0.15, -0.1) is 0 Å². The maximum atomic E-state index is 5.90. The molecule has 0 unspecified atom stereocenters. The summed E-state index contributed by atoms with van der Waals surface area (Å²) in [6.07, 6.45) is 2.61. The molecule has 0 bridgehead atoms. The number of oxazole rings is 1. The van der Waals surface area contributed by atoms with Gasteiger partial charge in [-0.05, 0) is 31.9 Å². The van der Waals surface area contributed by atoms with Crippen LogP contribution in [0.1, 0.15) is 22.6 Å². The summed E-state index contributed by atoms with van der Waals surface area (Å²) in [6.45, 7) is 8.75. The zero-order chi connectivity index (χ0) is 15.2. The Balaban J connectivity index is 2.03. The molecule has 0 fully saturated rings. The molecule has 114 valence electrons. The zero-order valence-electron chi connectivity index (χ0n) is 13.3. The highest BCUT2D eigenvalue weighted by atomic mass is 16.5. The topological polar surface area (TPSA) is 47.3 Å². The molecule has 0 spiro atoms. The van der Waals surface area contributed by atoms with E-state index in [0.29, 0.717) is 0 Å². The summed E-state index contributed by atoms with van der Waals surface area (Å²) in [5.74, 6) is 1.63. The summed E-state index contributed by atoms with van der Waals surface area (Å²) in [4.78, 5) is 4.38. The maximum Gasteiger partial charge on any atom is 0.196 e. The quantitative estimate of drug-likeness (QED) is 0.796. The Morgan fingerprint density at radius 1 is 1.14 bits per heavy atom.